The molecule has 17 heavy (non-hydrogen) atoms. The second-order valence-corrected chi connectivity index (χ2v) is 5.82. The number of hydrogen-bond acceptors (Lipinski definition) is 1. The maximum Gasteiger partial charge on any atom is 0.255 e. The predicted octanol–water partition coefficient (Wildman–Crippen LogP) is 3.97. The Morgan fingerprint density at radius 3 is 2.82 bits per heavy atom. The fourth-order valence-electron chi connectivity index (χ4n) is 2.02. The van der Waals surface area contributed by atoms with Gasteiger partial charge in [0.05, 0.1) is 10.6 Å². The molecule has 1 aliphatic rings. The van der Waals surface area contributed by atoms with E-state index in [2.05, 4.69) is 15.9 Å². The highest BCUT2D eigenvalue weighted by molar-refractivity contribution is 9.10. The molecule has 2 rings (SSSR count). The molecule has 0 atom stereocenters. The Labute approximate surface area is 115 Å². The number of amides is 1. The van der Waals surface area contributed by atoms with Gasteiger partial charge in [-0.1, -0.05) is 24.1 Å². The summed E-state index contributed by atoms with van der Waals surface area (Å²) in [5.41, 5.74) is 0.572. The van der Waals surface area contributed by atoms with Crippen LogP contribution in [0.15, 0.2) is 22.7 Å². The lowest BCUT2D eigenvalue weighted by atomic mass is 9.85. The zero-order valence-corrected chi connectivity index (χ0v) is 12.1. The third-order valence-electron chi connectivity index (χ3n) is 3.29. The first-order chi connectivity index (χ1) is 8.09. The molecule has 0 unspecified atom stereocenters. The third-order valence-corrected chi connectivity index (χ3v) is 4.58. The van der Waals surface area contributed by atoms with Crippen LogP contribution >= 0.6 is 27.5 Å². The van der Waals surface area contributed by atoms with Crippen molar-refractivity contribution in [2.75, 3.05) is 13.6 Å². The van der Waals surface area contributed by atoms with Gasteiger partial charge in [-0.2, -0.15) is 0 Å². The molecule has 1 amide bonds. The molecule has 0 bridgehead atoms. The highest BCUT2D eigenvalue weighted by Gasteiger charge is 2.23. The molecule has 92 valence electrons. The molecule has 1 aromatic rings. The molecule has 1 aliphatic carbocycles. The summed E-state index contributed by atoms with van der Waals surface area (Å²) in [5, 5.41) is 0.498. The Hall–Kier alpha value is -0.540. The van der Waals surface area contributed by atoms with Gasteiger partial charge in [0.1, 0.15) is 0 Å². The molecule has 2 nitrogen and oxygen atoms in total. The summed E-state index contributed by atoms with van der Waals surface area (Å²) in [6, 6.07) is 5.44. The van der Waals surface area contributed by atoms with Crippen molar-refractivity contribution >= 4 is 33.4 Å². The van der Waals surface area contributed by atoms with Crippen LogP contribution in [0, 0.1) is 5.92 Å². The molecule has 0 radical (unpaired) electrons. The van der Waals surface area contributed by atoms with Crippen molar-refractivity contribution in [3.63, 3.8) is 0 Å². The van der Waals surface area contributed by atoms with Gasteiger partial charge in [0.2, 0.25) is 0 Å². The Morgan fingerprint density at radius 2 is 2.24 bits per heavy atom. The Morgan fingerprint density at radius 1 is 1.53 bits per heavy atom. The molecular formula is C13H15BrClNO. The second-order valence-electron chi connectivity index (χ2n) is 4.58. The highest BCUT2D eigenvalue weighted by atomic mass is 79.9. The number of nitrogens with zero attached hydrogens (tertiary/aromatic N) is 1. The van der Waals surface area contributed by atoms with Crippen LogP contribution in [0.5, 0.6) is 0 Å². The molecule has 1 aromatic carbocycles. The summed E-state index contributed by atoms with van der Waals surface area (Å²) in [6.07, 6.45) is 3.78. The van der Waals surface area contributed by atoms with Gasteiger partial charge in [0.25, 0.3) is 5.91 Å². The monoisotopic (exact) mass is 315 g/mol. The number of carbonyl (C=O) groups is 1. The van der Waals surface area contributed by atoms with Gasteiger partial charge < -0.3 is 4.90 Å². The number of carbonyl (C=O) groups excluding carboxylic acids is 1. The first-order valence-corrected chi connectivity index (χ1v) is 6.96. The third kappa shape index (κ3) is 2.83. The minimum Gasteiger partial charge on any atom is -0.341 e. The maximum absolute atomic E-state index is 12.2. The van der Waals surface area contributed by atoms with Crippen LogP contribution in [-0.2, 0) is 0 Å². The lowest BCUT2D eigenvalue weighted by Crippen LogP contribution is -2.34. The molecule has 1 fully saturated rings. The van der Waals surface area contributed by atoms with Crippen LogP contribution in [0.1, 0.15) is 29.6 Å². The Balaban J connectivity index is 2.09. The van der Waals surface area contributed by atoms with Gasteiger partial charge in [-0.05, 0) is 46.8 Å². The van der Waals surface area contributed by atoms with E-state index in [1.807, 2.05) is 19.2 Å². The van der Waals surface area contributed by atoms with E-state index in [0.717, 1.165) is 11.0 Å². The summed E-state index contributed by atoms with van der Waals surface area (Å²) in [7, 11) is 1.85. The van der Waals surface area contributed by atoms with Crippen LogP contribution in [-0.4, -0.2) is 24.4 Å². The fourth-order valence-corrected chi connectivity index (χ4v) is 2.59. The zero-order chi connectivity index (χ0) is 12.4. The van der Waals surface area contributed by atoms with Gasteiger partial charge in [-0.3, -0.25) is 4.79 Å². The van der Waals surface area contributed by atoms with Crippen molar-refractivity contribution in [3.8, 4) is 0 Å². The van der Waals surface area contributed by atoms with Crippen molar-refractivity contribution in [2.45, 2.75) is 19.3 Å². The molecule has 4 heteroatoms. The topological polar surface area (TPSA) is 20.3 Å². The smallest absolute Gasteiger partial charge is 0.255 e. The molecule has 1 saturated carbocycles. The number of halogens is 2. The molecule has 0 aliphatic heterocycles. The van der Waals surface area contributed by atoms with Crippen molar-refractivity contribution in [3.05, 3.63) is 33.3 Å². The second kappa shape index (κ2) is 5.40. The van der Waals surface area contributed by atoms with Crippen LogP contribution in [0.2, 0.25) is 5.02 Å². The maximum atomic E-state index is 12.2. The quantitative estimate of drug-likeness (QED) is 0.826. The van der Waals surface area contributed by atoms with E-state index in [4.69, 9.17) is 11.6 Å². The normalized spacial score (nSPS) is 15.5. The number of hydrogen-bond donors (Lipinski definition) is 0. The van der Waals surface area contributed by atoms with Crippen molar-refractivity contribution in [1.29, 1.82) is 0 Å². The summed E-state index contributed by atoms with van der Waals surface area (Å²) >= 11 is 9.46. The van der Waals surface area contributed by atoms with Gasteiger partial charge in [0, 0.05) is 18.1 Å². The van der Waals surface area contributed by atoms with Crippen LogP contribution in [0.3, 0.4) is 0 Å². The highest BCUT2D eigenvalue weighted by Crippen LogP contribution is 2.29. The first kappa shape index (κ1) is 12.9. The predicted molar refractivity (Wildman–Crippen MR) is 73.5 cm³/mol. The zero-order valence-electron chi connectivity index (χ0n) is 9.75. The summed E-state index contributed by atoms with van der Waals surface area (Å²) in [5.74, 6) is 0.679. The summed E-state index contributed by atoms with van der Waals surface area (Å²) < 4.78 is 0.766. The van der Waals surface area contributed by atoms with E-state index in [9.17, 15) is 4.79 Å². The lowest BCUT2D eigenvalue weighted by molar-refractivity contribution is 0.0745. The van der Waals surface area contributed by atoms with Gasteiger partial charge in [-0.15, -0.1) is 0 Å². The lowest BCUT2D eigenvalue weighted by Gasteiger charge is -2.30. The van der Waals surface area contributed by atoms with Crippen molar-refractivity contribution in [1.82, 2.24) is 4.90 Å². The fraction of sp³-hybridized carbons (Fsp3) is 0.462. The molecule has 0 heterocycles. The van der Waals surface area contributed by atoms with E-state index in [1.165, 1.54) is 19.3 Å². The number of benzene rings is 1. The molecule has 0 spiro atoms. The van der Waals surface area contributed by atoms with Gasteiger partial charge in [0.15, 0.2) is 0 Å². The van der Waals surface area contributed by atoms with E-state index >= 15 is 0 Å². The summed E-state index contributed by atoms with van der Waals surface area (Å²) in [4.78, 5) is 14.0. The molecule has 0 N–H and O–H groups in total. The minimum absolute atomic E-state index is 0.00296. The molecular weight excluding hydrogens is 302 g/mol. The van der Waals surface area contributed by atoms with Gasteiger partial charge >= 0.3 is 0 Å². The largest absolute Gasteiger partial charge is 0.341 e. The van der Waals surface area contributed by atoms with E-state index in [1.54, 1.807) is 11.0 Å². The standard InChI is InChI=1S/C13H15BrClNO/c1-16(8-9-4-2-5-9)13(17)10-6-3-7-11(14)12(10)15/h3,6-7,9H,2,4-5,8H2,1H3. The van der Waals surface area contributed by atoms with Crippen molar-refractivity contribution < 1.29 is 4.79 Å². The van der Waals surface area contributed by atoms with Crippen LogP contribution in [0.4, 0.5) is 0 Å². The van der Waals surface area contributed by atoms with E-state index in [0.29, 0.717) is 16.5 Å². The van der Waals surface area contributed by atoms with Crippen LogP contribution < -0.4 is 0 Å². The summed E-state index contributed by atoms with van der Waals surface area (Å²) in [6.45, 7) is 0.835. The SMILES string of the molecule is CN(CC1CCC1)C(=O)c1cccc(Br)c1Cl. The Kier molecular flexibility index (Phi) is 4.10. The average molecular weight is 317 g/mol. The first-order valence-electron chi connectivity index (χ1n) is 5.79. The van der Waals surface area contributed by atoms with Crippen molar-refractivity contribution in [2.24, 2.45) is 5.92 Å². The van der Waals surface area contributed by atoms with E-state index < -0.39 is 0 Å². The van der Waals surface area contributed by atoms with Crippen LogP contribution in [0.25, 0.3) is 0 Å². The number of rotatable bonds is 3. The minimum atomic E-state index is 0.00296. The van der Waals surface area contributed by atoms with Gasteiger partial charge in [-0.25, -0.2) is 0 Å². The van der Waals surface area contributed by atoms with E-state index in [-0.39, 0.29) is 5.91 Å². The average Bonchev–Trinajstić information content (AvgIpc) is 2.26. The molecule has 0 aromatic heterocycles. The molecule has 0 saturated heterocycles. The Bertz CT molecular complexity index is 431.